The summed E-state index contributed by atoms with van der Waals surface area (Å²) in [6, 6.07) is 6.08. The van der Waals surface area contributed by atoms with Crippen molar-refractivity contribution in [2.45, 2.75) is 6.42 Å². The lowest BCUT2D eigenvalue weighted by molar-refractivity contribution is 0.187. The monoisotopic (exact) mass is 477 g/mol. The van der Waals surface area contributed by atoms with E-state index in [1.165, 1.54) is 4.68 Å². The molecule has 4 rings (SSSR count). The van der Waals surface area contributed by atoms with Crippen LogP contribution in [-0.4, -0.2) is 33.0 Å². The van der Waals surface area contributed by atoms with Crippen molar-refractivity contribution in [3.05, 3.63) is 64.1 Å². The molecule has 2 aromatic heterocycles. The van der Waals surface area contributed by atoms with Crippen LogP contribution in [0.25, 0.3) is 16.9 Å². The van der Waals surface area contributed by atoms with Crippen molar-refractivity contribution in [2.75, 3.05) is 23.9 Å². The first-order chi connectivity index (χ1) is 15.7. The lowest BCUT2D eigenvalue weighted by Gasteiger charge is -2.11. The average molecular weight is 478 g/mol. The number of nitrogen functional groups attached to an aromatic ring is 2. The highest BCUT2D eigenvalue weighted by molar-refractivity contribution is 6.31. The number of nitrogens with one attached hydrogen (secondary N) is 1. The number of anilines is 3. The summed E-state index contributed by atoms with van der Waals surface area (Å²) in [5.74, 6) is -3.83. The summed E-state index contributed by atoms with van der Waals surface area (Å²) < 4.78 is 47.4. The molecule has 0 atom stereocenters. The Balaban J connectivity index is 1.85. The maximum atomic E-state index is 14.3. The van der Waals surface area contributed by atoms with Gasteiger partial charge in [0.15, 0.2) is 23.3 Å². The zero-order chi connectivity index (χ0) is 23.9. The summed E-state index contributed by atoms with van der Waals surface area (Å²) >= 11 is 6.11. The Labute approximate surface area is 189 Å². The van der Waals surface area contributed by atoms with Gasteiger partial charge in [-0.1, -0.05) is 11.6 Å². The molecule has 2 heterocycles. The van der Waals surface area contributed by atoms with Crippen molar-refractivity contribution in [2.24, 2.45) is 0 Å². The number of ether oxygens (including phenoxy) is 1. The summed E-state index contributed by atoms with van der Waals surface area (Å²) in [4.78, 5) is 19.7. The Morgan fingerprint density at radius 2 is 1.85 bits per heavy atom. The minimum atomic E-state index is -1.32. The maximum Gasteiger partial charge on any atom is 0.411 e. The van der Waals surface area contributed by atoms with Crippen LogP contribution in [0.5, 0.6) is 0 Å². The van der Waals surface area contributed by atoms with Gasteiger partial charge in [0.25, 0.3) is 5.95 Å². The van der Waals surface area contributed by atoms with Gasteiger partial charge in [-0.3, -0.25) is 5.32 Å². The molecule has 0 bridgehead atoms. The van der Waals surface area contributed by atoms with Crippen LogP contribution in [0.2, 0.25) is 5.02 Å². The Morgan fingerprint density at radius 3 is 2.52 bits per heavy atom. The molecule has 0 saturated heterocycles. The molecule has 0 aliphatic heterocycles. The molecule has 0 radical (unpaired) electrons. The number of aromatic nitrogens is 4. The number of nitrogens with two attached hydrogens (primary N) is 2. The van der Waals surface area contributed by atoms with Crippen LogP contribution < -0.4 is 16.8 Å². The predicted molar refractivity (Wildman–Crippen MR) is 116 cm³/mol. The van der Waals surface area contributed by atoms with Gasteiger partial charge in [0, 0.05) is 22.9 Å². The molecule has 9 nitrogen and oxygen atoms in total. The number of carbonyl (C=O) groups excluding carboxylic acids is 1. The van der Waals surface area contributed by atoms with E-state index in [4.69, 9.17) is 23.1 Å². The highest BCUT2D eigenvalue weighted by atomic mass is 35.5. The van der Waals surface area contributed by atoms with Gasteiger partial charge in [0.1, 0.15) is 11.5 Å². The molecule has 13 heteroatoms. The second-order valence-electron chi connectivity index (χ2n) is 6.84. The first kappa shape index (κ1) is 22.1. The summed E-state index contributed by atoms with van der Waals surface area (Å²) in [5, 5.41) is 7.51. The van der Waals surface area contributed by atoms with Crippen LogP contribution in [0.15, 0.2) is 30.3 Å². The standard InChI is InChI=1S/C20H15ClF3N7O2/c1-33-20(32)27-16-17(25)28-19(29-18(16)26)31-14-3-2-9(21)6-11(14)13(30-31)5-8-4-10(22)7-12(23)15(8)24/h2-4,6-7H,5H2,1H3,(H,27,32)(H4,25,26,28,29). The summed E-state index contributed by atoms with van der Waals surface area (Å²) in [6.45, 7) is 0. The third-order valence-corrected chi connectivity index (χ3v) is 4.93. The average Bonchev–Trinajstić information content (AvgIpc) is 3.11. The van der Waals surface area contributed by atoms with E-state index in [0.717, 1.165) is 13.2 Å². The predicted octanol–water partition coefficient (Wildman–Crippen LogP) is 3.82. The van der Waals surface area contributed by atoms with E-state index < -0.39 is 23.5 Å². The van der Waals surface area contributed by atoms with Gasteiger partial charge in [-0.25, -0.2) is 18.0 Å². The van der Waals surface area contributed by atoms with E-state index in [9.17, 15) is 18.0 Å². The van der Waals surface area contributed by atoms with Crippen LogP contribution in [0.3, 0.4) is 0 Å². The normalized spacial score (nSPS) is 11.1. The fourth-order valence-corrected chi connectivity index (χ4v) is 3.39. The minimum absolute atomic E-state index is 0.0531. The molecule has 5 N–H and O–H groups in total. The Hall–Kier alpha value is -4.06. The SMILES string of the molecule is COC(=O)Nc1c(N)nc(-n2nc(Cc3cc(F)cc(F)c3F)c3cc(Cl)ccc32)nc1N. The number of hydrogen-bond donors (Lipinski definition) is 3. The quantitative estimate of drug-likeness (QED) is 0.380. The Bertz CT molecular complexity index is 1390. The number of methoxy groups -OCH3 is 1. The topological polar surface area (TPSA) is 134 Å². The summed E-state index contributed by atoms with van der Waals surface area (Å²) in [5.41, 5.74) is 12.2. The van der Waals surface area contributed by atoms with E-state index in [0.29, 0.717) is 22.0 Å². The highest BCUT2D eigenvalue weighted by Crippen LogP contribution is 2.29. The summed E-state index contributed by atoms with van der Waals surface area (Å²) in [6.07, 6.45) is -1.08. The molecule has 0 aliphatic rings. The molecule has 0 spiro atoms. The second kappa shape index (κ2) is 8.47. The Kier molecular flexibility index (Phi) is 5.68. The number of fused-ring (bicyclic) bond motifs is 1. The largest absolute Gasteiger partial charge is 0.453 e. The zero-order valence-corrected chi connectivity index (χ0v) is 17.6. The number of benzene rings is 2. The van der Waals surface area contributed by atoms with Crippen molar-refractivity contribution >= 4 is 45.9 Å². The van der Waals surface area contributed by atoms with Crippen molar-refractivity contribution in [1.82, 2.24) is 19.7 Å². The van der Waals surface area contributed by atoms with E-state index in [-0.39, 0.29) is 40.9 Å². The lowest BCUT2D eigenvalue weighted by atomic mass is 10.1. The van der Waals surface area contributed by atoms with Crippen LogP contribution in [0, 0.1) is 17.5 Å². The van der Waals surface area contributed by atoms with Gasteiger partial charge in [-0.15, -0.1) is 0 Å². The number of amides is 1. The number of halogens is 4. The molecule has 0 aliphatic carbocycles. The van der Waals surface area contributed by atoms with E-state index in [1.54, 1.807) is 18.2 Å². The minimum Gasteiger partial charge on any atom is -0.453 e. The molecule has 4 aromatic rings. The molecule has 2 aromatic carbocycles. The molecular formula is C20H15ClF3N7O2. The van der Waals surface area contributed by atoms with Gasteiger partial charge < -0.3 is 16.2 Å². The number of hydrogen-bond acceptors (Lipinski definition) is 7. The number of nitrogens with zero attached hydrogens (tertiary/aromatic N) is 4. The molecule has 0 fully saturated rings. The van der Waals surface area contributed by atoms with Crippen molar-refractivity contribution in [1.29, 1.82) is 0 Å². The van der Waals surface area contributed by atoms with Gasteiger partial charge in [0.05, 0.1) is 18.3 Å². The van der Waals surface area contributed by atoms with Crippen LogP contribution in [0.4, 0.5) is 35.3 Å². The number of carbonyl (C=O) groups is 1. The molecule has 0 unspecified atom stereocenters. The van der Waals surface area contributed by atoms with Crippen LogP contribution in [-0.2, 0) is 11.2 Å². The van der Waals surface area contributed by atoms with Crippen LogP contribution >= 0.6 is 11.6 Å². The molecule has 0 saturated carbocycles. The summed E-state index contributed by atoms with van der Waals surface area (Å²) in [7, 11) is 1.16. The zero-order valence-electron chi connectivity index (χ0n) is 16.9. The lowest BCUT2D eigenvalue weighted by Crippen LogP contribution is -2.17. The van der Waals surface area contributed by atoms with Crippen molar-refractivity contribution < 1.29 is 22.7 Å². The van der Waals surface area contributed by atoms with Crippen LogP contribution in [0.1, 0.15) is 11.3 Å². The first-order valence-corrected chi connectivity index (χ1v) is 9.64. The second-order valence-corrected chi connectivity index (χ2v) is 7.28. The van der Waals surface area contributed by atoms with Crippen molar-refractivity contribution in [3.63, 3.8) is 0 Å². The Morgan fingerprint density at radius 1 is 1.15 bits per heavy atom. The number of rotatable bonds is 4. The fraction of sp³-hybridized carbons (Fsp3) is 0.100. The fourth-order valence-electron chi connectivity index (χ4n) is 3.21. The van der Waals surface area contributed by atoms with Crippen molar-refractivity contribution in [3.8, 4) is 5.95 Å². The van der Waals surface area contributed by atoms with Gasteiger partial charge in [0.2, 0.25) is 0 Å². The molecule has 33 heavy (non-hydrogen) atoms. The van der Waals surface area contributed by atoms with E-state index >= 15 is 0 Å². The third-order valence-electron chi connectivity index (χ3n) is 4.70. The molecule has 170 valence electrons. The van der Waals surface area contributed by atoms with E-state index in [2.05, 4.69) is 25.1 Å². The van der Waals surface area contributed by atoms with Gasteiger partial charge in [-0.05, 0) is 29.8 Å². The third kappa shape index (κ3) is 4.20. The molecule has 1 amide bonds. The first-order valence-electron chi connectivity index (χ1n) is 9.26. The highest BCUT2D eigenvalue weighted by Gasteiger charge is 2.20. The van der Waals surface area contributed by atoms with Gasteiger partial charge in [-0.2, -0.15) is 19.7 Å². The molecular weight excluding hydrogens is 463 g/mol. The van der Waals surface area contributed by atoms with Gasteiger partial charge >= 0.3 is 6.09 Å². The van der Waals surface area contributed by atoms with E-state index in [1.807, 2.05) is 0 Å². The maximum absolute atomic E-state index is 14.3. The smallest absolute Gasteiger partial charge is 0.411 e.